The van der Waals surface area contributed by atoms with E-state index in [1.165, 1.54) is 57.4 Å². The molecule has 0 saturated carbocycles. The summed E-state index contributed by atoms with van der Waals surface area (Å²) in [7, 11) is 0. The van der Waals surface area contributed by atoms with Crippen molar-refractivity contribution in [2.75, 3.05) is 0 Å². The summed E-state index contributed by atoms with van der Waals surface area (Å²) in [6.07, 6.45) is 0. The standard InChI is InChI=1S/C50H30OS.C44H28S.C38H24S/c1-2-14-31(15-3-1)46-35-19-4-6-21-37(35)47(38-22-7-5-20-36(38)46)32-16-12-17-33(30-32)48-39(28-29-45-49(48)42-23-9-11-27-44(42)52-45)41-25-13-24-40-34-18-8-10-26-43(34)51-50(40)41;1-3-11-29(12-4-1)34-23-25-35-40-27-33(24-26-41(40)45-42(35)28-34)30-19-21-32(22-20-30)44-38-17-9-7-15-36(38)43(31-13-5-2-6-14-31)37-16-8-10-18-39(37)44;1-2-10-26(11-3-1)37-30-13-4-6-15-32(30)38(33-16-7-5-14-31(33)37)27-20-18-25(19-21-27)28-22-23-36-34(24-28)29-12-8-9-17-35(29)39-36/h1-30H;1-28H;1-24H/i1D,2D,3D,14D,15D;7D,8D,9D,10D,15D,16D,17D,18D;18D,19D,20D,21D,22D,23D,24D. The third kappa shape index (κ3) is 13.9. The molecule has 0 bridgehead atoms. The average molecular weight is 1800 g/mol. The van der Waals surface area contributed by atoms with Crippen LogP contribution in [0, 0.1) is 0 Å². The SMILES string of the molecule is [2H]c1c([2H])c(-c2c3ccccc3c(-c3ccccc3)c3ccccc23)c([2H])c([2H])c1-c1c([2H])c([2H])c2sc3ccccc3c2c1[2H].[2H]c1c([2H])c([2H])c(-c2c3ccccc3c(-c3cccc(-c4c(-c5cccc6c5oc5ccccc56)ccc5sc6ccccc6c45)c3)c3ccccc23)c([2H])c1[2H].[2H]c1c([2H])c([2H])c2c(-c3ccc(-c4ccc5sc6cc(-c7ccccc7)ccc6c5c4)cc3)c3c([2H])c([2H])c([2H])c([2H])c3c(-c3ccccc3)c2c1[2H]. The highest BCUT2D eigenvalue weighted by Crippen LogP contribution is 2.53. The van der Waals surface area contributed by atoms with Crippen molar-refractivity contribution in [1.29, 1.82) is 0 Å². The molecule has 4 aromatic heterocycles. The number of fused-ring (bicyclic) bond motifs is 18. The fraction of sp³-hybridized carbons (Fsp3) is 0. The van der Waals surface area contributed by atoms with Crippen molar-refractivity contribution in [3.05, 3.63) is 497 Å². The first-order valence-corrected chi connectivity index (χ1v) is 47.4. The summed E-state index contributed by atoms with van der Waals surface area (Å²) in [5.74, 6) is 0. The Bertz CT molecular complexity index is 10700. The second kappa shape index (κ2) is 33.8. The Morgan fingerprint density at radius 1 is 0.162 bits per heavy atom. The van der Waals surface area contributed by atoms with Crippen LogP contribution in [0.3, 0.4) is 0 Å². The Morgan fingerprint density at radius 3 is 1.12 bits per heavy atom. The van der Waals surface area contributed by atoms with Gasteiger partial charge in [0, 0.05) is 76.9 Å². The molecule has 0 aliphatic heterocycles. The van der Waals surface area contributed by atoms with Gasteiger partial charge in [0.05, 0.1) is 27.4 Å². The molecule has 0 unspecified atom stereocenters. The van der Waals surface area contributed by atoms with Gasteiger partial charge in [0.1, 0.15) is 11.2 Å². The van der Waals surface area contributed by atoms with Crippen LogP contribution in [-0.2, 0) is 0 Å². The minimum Gasteiger partial charge on any atom is -0.455 e. The second-order valence-electron chi connectivity index (χ2n) is 33.8. The molecule has 0 aliphatic carbocycles. The van der Waals surface area contributed by atoms with E-state index in [4.69, 9.17) is 25.0 Å². The highest BCUT2D eigenvalue weighted by atomic mass is 32.1. The van der Waals surface area contributed by atoms with Crippen LogP contribution in [0.5, 0.6) is 0 Å². The van der Waals surface area contributed by atoms with E-state index in [-0.39, 0.29) is 134 Å². The molecule has 28 aromatic rings. The van der Waals surface area contributed by atoms with Gasteiger partial charge in [-0.05, 0) is 242 Å². The van der Waals surface area contributed by atoms with Crippen LogP contribution in [0.2, 0.25) is 0 Å². The Morgan fingerprint density at radius 2 is 0.529 bits per heavy atom. The summed E-state index contributed by atoms with van der Waals surface area (Å²) in [5.41, 5.74) is 17.7. The van der Waals surface area contributed by atoms with Gasteiger partial charge in [0.15, 0.2) is 0 Å². The van der Waals surface area contributed by atoms with Gasteiger partial charge in [-0.15, -0.1) is 34.0 Å². The van der Waals surface area contributed by atoms with E-state index in [9.17, 15) is 6.85 Å². The topological polar surface area (TPSA) is 13.1 Å². The molecule has 0 atom stereocenters. The normalized spacial score (nSPS) is 13.7. The third-order valence-electron chi connectivity index (χ3n) is 26.1. The van der Waals surface area contributed by atoms with E-state index >= 15 is 0 Å². The quantitative estimate of drug-likeness (QED) is 0.118. The van der Waals surface area contributed by atoms with E-state index in [1.807, 2.05) is 188 Å². The van der Waals surface area contributed by atoms with E-state index in [0.29, 0.717) is 43.5 Å². The number of thiophene rings is 3. The fourth-order valence-electron chi connectivity index (χ4n) is 20.2. The molecule has 634 valence electrons. The lowest BCUT2D eigenvalue weighted by atomic mass is 9.84. The second-order valence-corrected chi connectivity index (χ2v) is 37.0. The van der Waals surface area contributed by atoms with Crippen molar-refractivity contribution in [1.82, 2.24) is 0 Å². The number of hydrogen-bond donors (Lipinski definition) is 0. The number of hydrogen-bond acceptors (Lipinski definition) is 4. The third-order valence-corrected chi connectivity index (χ3v) is 29.5. The van der Waals surface area contributed by atoms with Gasteiger partial charge in [-0.3, -0.25) is 0 Å². The predicted molar refractivity (Wildman–Crippen MR) is 590 cm³/mol. The lowest BCUT2D eigenvalue weighted by molar-refractivity contribution is 0.670. The first kappa shape index (κ1) is 61.8. The van der Waals surface area contributed by atoms with Crippen molar-refractivity contribution in [2.45, 2.75) is 0 Å². The van der Waals surface area contributed by atoms with Gasteiger partial charge in [0.2, 0.25) is 0 Å². The van der Waals surface area contributed by atoms with E-state index in [1.54, 1.807) is 46.9 Å². The molecule has 0 N–H and O–H groups in total. The molecule has 1 nitrogen and oxygen atoms in total. The summed E-state index contributed by atoms with van der Waals surface area (Å²) < 4.78 is 191. The monoisotopic (exact) mass is 1800 g/mol. The van der Waals surface area contributed by atoms with Crippen LogP contribution in [0.4, 0.5) is 0 Å². The maximum atomic E-state index is 9.33. The maximum Gasteiger partial charge on any atom is 0.143 e. The minimum atomic E-state index is -0.410. The molecular weight excluding hydrogens is 1700 g/mol. The van der Waals surface area contributed by atoms with E-state index in [0.717, 1.165) is 136 Å². The molecule has 0 fully saturated rings. The molecule has 4 heteroatoms. The summed E-state index contributed by atoms with van der Waals surface area (Å²) >= 11 is 4.90. The summed E-state index contributed by atoms with van der Waals surface area (Å²) in [4.78, 5) is 0. The number of benzene rings is 24. The van der Waals surface area contributed by atoms with Crippen molar-refractivity contribution in [2.24, 2.45) is 0 Å². The van der Waals surface area contributed by atoms with Crippen LogP contribution in [-0.4, -0.2) is 0 Å². The number of rotatable bonds is 11. The first-order valence-electron chi connectivity index (χ1n) is 54.9. The predicted octanol–water partition coefficient (Wildman–Crippen LogP) is 39.3. The van der Waals surface area contributed by atoms with Gasteiger partial charge >= 0.3 is 0 Å². The zero-order valence-corrected chi connectivity index (χ0v) is 74.9. The van der Waals surface area contributed by atoms with E-state index < -0.39 is 30.2 Å². The molecule has 0 amide bonds. The van der Waals surface area contributed by atoms with Gasteiger partial charge < -0.3 is 4.42 Å². The number of para-hydroxylation sites is 2. The Balaban J connectivity index is 0.000000117. The Kier molecular flexibility index (Phi) is 15.4. The molecule has 0 saturated heterocycles. The summed E-state index contributed by atoms with van der Waals surface area (Å²) in [5, 5.41) is 16.0. The highest BCUT2D eigenvalue weighted by molar-refractivity contribution is 7.26. The first-order chi connectivity index (χ1) is 75.8. The zero-order valence-electron chi connectivity index (χ0n) is 92.4. The molecule has 0 spiro atoms. The Hall–Kier alpha value is -16.7. The van der Waals surface area contributed by atoms with Crippen LogP contribution < -0.4 is 0 Å². The van der Waals surface area contributed by atoms with Crippen LogP contribution in [0.15, 0.2) is 501 Å². The van der Waals surface area contributed by atoms with Crippen molar-refractivity contribution in [3.8, 4) is 122 Å². The van der Waals surface area contributed by atoms with Gasteiger partial charge in [0.25, 0.3) is 0 Å². The molecular formula is C132H82OS3. The fourth-order valence-corrected chi connectivity index (χ4v) is 23.4. The smallest absolute Gasteiger partial charge is 0.143 e. The summed E-state index contributed by atoms with van der Waals surface area (Å²) in [6, 6.07) is 120. The maximum absolute atomic E-state index is 9.33. The van der Waals surface area contributed by atoms with Crippen LogP contribution in [0.25, 0.3) is 269 Å². The van der Waals surface area contributed by atoms with Crippen molar-refractivity contribution < 1.29 is 31.8 Å². The van der Waals surface area contributed by atoms with Crippen LogP contribution >= 0.6 is 34.0 Å². The number of furan rings is 1. The van der Waals surface area contributed by atoms with Crippen LogP contribution in [0.1, 0.15) is 27.4 Å². The molecule has 4 heterocycles. The Labute approximate surface area is 827 Å². The van der Waals surface area contributed by atoms with Crippen molar-refractivity contribution in [3.63, 3.8) is 0 Å². The van der Waals surface area contributed by atoms with Gasteiger partial charge in [-0.25, -0.2) is 0 Å². The lowest BCUT2D eigenvalue weighted by Gasteiger charge is -2.19. The lowest BCUT2D eigenvalue weighted by Crippen LogP contribution is -1.92. The minimum absolute atomic E-state index is 0.0567. The molecule has 136 heavy (non-hydrogen) atoms. The molecule has 24 aromatic carbocycles. The molecule has 28 rings (SSSR count). The van der Waals surface area contributed by atoms with Gasteiger partial charge in [-0.1, -0.05) is 436 Å². The van der Waals surface area contributed by atoms with Gasteiger partial charge in [-0.2, -0.15) is 0 Å². The molecule has 0 aliphatic rings. The zero-order chi connectivity index (χ0) is 107. The van der Waals surface area contributed by atoms with Crippen molar-refractivity contribution >= 4 is 181 Å². The highest BCUT2D eigenvalue weighted by Gasteiger charge is 2.26. The van der Waals surface area contributed by atoms with E-state index in [2.05, 4.69) is 164 Å². The largest absolute Gasteiger partial charge is 0.455 e. The summed E-state index contributed by atoms with van der Waals surface area (Å²) in [6.45, 7) is 0. The average Bonchev–Trinajstić information content (AvgIpc) is 0.870. The molecule has 0 radical (unpaired) electrons.